The van der Waals surface area contributed by atoms with Gasteiger partial charge < -0.3 is 5.32 Å². The van der Waals surface area contributed by atoms with Gasteiger partial charge >= 0.3 is 0 Å². The Morgan fingerprint density at radius 1 is 1.14 bits per heavy atom. The molecule has 0 aromatic heterocycles. The van der Waals surface area contributed by atoms with Crippen molar-refractivity contribution in [1.29, 1.82) is 0 Å². The van der Waals surface area contributed by atoms with Crippen LogP contribution >= 0.6 is 11.6 Å². The Hall–Kier alpha value is -2.17. The number of fused-ring (bicyclic) bond motifs is 1. The van der Waals surface area contributed by atoms with Crippen LogP contribution in [0.5, 0.6) is 0 Å². The highest BCUT2D eigenvalue weighted by Gasteiger charge is 2.27. The Kier molecular flexibility index (Phi) is 3.96. The molecule has 1 amide bonds. The van der Waals surface area contributed by atoms with E-state index in [0.717, 1.165) is 22.5 Å². The van der Waals surface area contributed by atoms with Crippen molar-refractivity contribution < 1.29 is 4.79 Å². The van der Waals surface area contributed by atoms with Gasteiger partial charge in [-0.15, -0.1) is 0 Å². The average molecular weight is 314 g/mol. The zero-order valence-electron chi connectivity index (χ0n) is 12.4. The summed E-state index contributed by atoms with van der Waals surface area (Å²) in [5, 5.41) is 3.54. The summed E-state index contributed by atoms with van der Waals surface area (Å²) >= 11 is 6.14. The second-order valence-electron chi connectivity index (χ2n) is 5.36. The number of halogens is 1. The molecule has 0 aliphatic carbocycles. The van der Waals surface area contributed by atoms with Gasteiger partial charge in [-0.2, -0.15) is 0 Å². The van der Waals surface area contributed by atoms with E-state index in [-0.39, 0.29) is 5.91 Å². The smallest absolute Gasteiger partial charge is 0.264 e. The number of likely N-dealkylation sites (N-methyl/N-ethyl adjacent to an activating group) is 1. The molecule has 1 heterocycles. The van der Waals surface area contributed by atoms with Gasteiger partial charge in [-0.25, -0.2) is 0 Å². The second kappa shape index (κ2) is 5.91. The molecule has 1 N–H and O–H groups in total. The van der Waals surface area contributed by atoms with E-state index in [1.165, 1.54) is 0 Å². The molecular weight excluding hydrogens is 298 g/mol. The molecular formula is C17H16ClN3O. The number of anilines is 1. The first kappa shape index (κ1) is 14.8. The van der Waals surface area contributed by atoms with E-state index >= 15 is 0 Å². The van der Waals surface area contributed by atoms with Crippen LogP contribution in [0.15, 0.2) is 53.5 Å². The number of carbonyl (C=O) groups excluding carboxylic acids is 1. The zero-order valence-corrected chi connectivity index (χ0v) is 13.1. The number of nitrogens with zero attached hydrogens (tertiary/aromatic N) is 2. The quantitative estimate of drug-likeness (QED) is 0.926. The highest BCUT2D eigenvalue weighted by Crippen LogP contribution is 2.27. The molecule has 2 aromatic rings. The third kappa shape index (κ3) is 2.75. The van der Waals surface area contributed by atoms with Crippen LogP contribution < -0.4 is 5.32 Å². The van der Waals surface area contributed by atoms with Crippen molar-refractivity contribution in [1.82, 2.24) is 4.90 Å². The summed E-state index contributed by atoms with van der Waals surface area (Å²) in [6.45, 7) is 0. The number of benzodiazepines with no additional fused rings is 1. The Morgan fingerprint density at radius 3 is 2.55 bits per heavy atom. The van der Waals surface area contributed by atoms with Crippen LogP contribution in [-0.2, 0) is 4.79 Å². The lowest BCUT2D eigenvalue weighted by Crippen LogP contribution is -2.37. The van der Waals surface area contributed by atoms with Crippen LogP contribution in [0.4, 0.5) is 5.69 Å². The van der Waals surface area contributed by atoms with E-state index in [0.29, 0.717) is 5.02 Å². The minimum absolute atomic E-state index is 0.153. The molecule has 112 valence electrons. The highest BCUT2D eigenvalue weighted by atomic mass is 35.5. The van der Waals surface area contributed by atoms with E-state index in [1.807, 2.05) is 56.6 Å². The molecule has 0 bridgehead atoms. The lowest BCUT2D eigenvalue weighted by atomic mass is 10.0. The van der Waals surface area contributed by atoms with E-state index in [1.54, 1.807) is 11.0 Å². The van der Waals surface area contributed by atoms with E-state index < -0.39 is 6.17 Å². The van der Waals surface area contributed by atoms with Gasteiger partial charge in [-0.1, -0.05) is 41.9 Å². The van der Waals surface area contributed by atoms with Crippen LogP contribution in [0.3, 0.4) is 0 Å². The van der Waals surface area contributed by atoms with Gasteiger partial charge in [0.1, 0.15) is 0 Å². The summed E-state index contributed by atoms with van der Waals surface area (Å²) in [6.07, 6.45) is -0.582. The molecule has 4 nitrogen and oxygen atoms in total. The Morgan fingerprint density at radius 2 is 1.86 bits per heavy atom. The lowest BCUT2D eigenvalue weighted by Gasteiger charge is -2.18. The molecule has 1 aliphatic rings. The first-order valence-electron chi connectivity index (χ1n) is 6.96. The van der Waals surface area contributed by atoms with Crippen molar-refractivity contribution in [3.05, 3.63) is 64.7 Å². The maximum Gasteiger partial charge on any atom is 0.264 e. The first-order valence-corrected chi connectivity index (χ1v) is 7.34. The topological polar surface area (TPSA) is 44.7 Å². The van der Waals surface area contributed by atoms with E-state index in [2.05, 4.69) is 10.3 Å². The van der Waals surface area contributed by atoms with Crippen molar-refractivity contribution in [2.24, 2.45) is 4.99 Å². The van der Waals surface area contributed by atoms with Gasteiger partial charge in [0.2, 0.25) is 0 Å². The minimum atomic E-state index is -0.582. The Labute approximate surface area is 134 Å². The van der Waals surface area contributed by atoms with Crippen molar-refractivity contribution in [2.75, 3.05) is 19.4 Å². The van der Waals surface area contributed by atoms with Crippen molar-refractivity contribution in [3.63, 3.8) is 0 Å². The molecule has 0 spiro atoms. The summed E-state index contributed by atoms with van der Waals surface area (Å²) in [7, 11) is 3.67. The molecule has 3 rings (SSSR count). The number of nitrogens with one attached hydrogen (secondary N) is 1. The Balaban J connectivity index is 2.23. The van der Waals surface area contributed by atoms with Gasteiger partial charge in [-0.05, 0) is 32.3 Å². The van der Waals surface area contributed by atoms with Gasteiger partial charge in [0.25, 0.3) is 5.91 Å². The standard InChI is InChI=1S/C17H16ClN3O/c1-21(2)16-17(22)19-14-9-8-12(18)10-13(14)15(20-16)11-6-4-3-5-7-11/h3-10,16H,1-2H3,(H,19,22). The predicted molar refractivity (Wildman–Crippen MR) is 89.6 cm³/mol. The maximum atomic E-state index is 12.4. The fourth-order valence-electron chi connectivity index (χ4n) is 2.45. The summed E-state index contributed by atoms with van der Waals surface area (Å²) in [5.41, 5.74) is 3.27. The summed E-state index contributed by atoms with van der Waals surface area (Å²) in [4.78, 5) is 18.9. The third-order valence-corrected chi connectivity index (χ3v) is 3.75. The van der Waals surface area contributed by atoms with Gasteiger partial charge in [-0.3, -0.25) is 14.7 Å². The van der Waals surface area contributed by atoms with Crippen molar-refractivity contribution in [3.8, 4) is 0 Å². The molecule has 2 aromatic carbocycles. The fourth-order valence-corrected chi connectivity index (χ4v) is 2.62. The summed E-state index contributed by atoms with van der Waals surface area (Å²) < 4.78 is 0. The molecule has 22 heavy (non-hydrogen) atoms. The number of hydrogen-bond donors (Lipinski definition) is 1. The SMILES string of the molecule is CN(C)C1N=C(c2ccccc2)c2cc(Cl)ccc2NC1=O. The predicted octanol–water partition coefficient (Wildman–Crippen LogP) is 3.02. The molecule has 1 atom stereocenters. The zero-order chi connectivity index (χ0) is 15.7. The van der Waals surface area contributed by atoms with Crippen LogP contribution in [-0.4, -0.2) is 36.8 Å². The van der Waals surface area contributed by atoms with Crippen LogP contribution in [0, 0.1) is 0 Å². The van der Waals surface area contributed by atoms with Gasteiger partial charge in [0.15, 0.2) is 6.17 Å². The monoisotopic (exact) mass is 313 g/mol. The van der Waals surface area contributed by atoms with E-state index in [9.17, 15) is 4.79 Å². The molecule has 1 aliphatic heterocycles. The molecule has 0 saturated carbocycles. The molecule has 0 radical (unpaired) electrons. The largest absolute Gasteiger partial charge is 0.322 e. The van der Waals surface area contributed by atoms with Gasteiger partial charge in [0.05, 0.1) is 11.4 Å². The van der Waals surface area contributed by atoms with E-state index in [4.69, 9.17) is 11.6 Å². The normalized spacial score (nSPS) is 17.5. The molecule has 0 fully saturated rings. The minimum Gasteiger partial charge on any atom is -0.322 e. The molecule has 1 unspecified atom stereocenters. The number of rotatable bonds is 2. The average Bonchev–Trinajstić information content (AvgIpc) is 2.64. The molecule has 0 saturated heterocycles. The second-order valence-corrected chi connectivity index (χ2v) is 5.80. The fraction of sp³-hybridized carbons (Fsp3) is 0.176. The number of carbonyl (C=O) groups is 1. The van der Waals surface area contributed by atoms with Crippen LogP contribution in [0.25, 0.3) is 0 Å². The number of hydrogen-bond acceptors (Lipinski definition) is 3. The number of amides is 1. The first-order chi connectivity index (χ1) is 10.6. The number of aliphatic imine (C=N–C) groups is 1. The summed E-state index contributed by atoms with van der Waals surface area (Å²) in [5.74, 6) is -0.153. The van der Waals surface area contributed by atoms with Crippen molar-refractivity contribution in [2.45, 2.75) is 6.17 Å². The van der Waals surface area contributed by atoms with Crippen LogP contribution in [0.2, 0.25) is 5.02 Å². The highest BCUT2D eigenvalue weighted by molar-refractivity contribution is 6.32. The van der Waals surface area contributed by atoms with Crippen molar-refractivity contribution >= 4 is 28.9 Å². The van der Waals surface area contributed by atoms with Gasteiger partial charge in [0, 0.05) is 16.1 Å². The summed E-state index contributed by atoms with van der Waals surface area (Å²) in [6, 6.07) is 15.2. The molecule has 5 heteroatoms. The number of benzene rings is 2. The lowest BCUT2D eigenvalue weighted by molar-refractivity contribution is -0.120. The third-order valence-electron chi connectivity index (χ3n) is 3.52. The Bertz CT molecular complexity index is 741. The van der Waals surface area contributed by atoms with Crippen LogP contribution in [0.1, 0.15) is 11.1 Å². The maximum absolute atomic E-state index is 12.4.